The van der Waals surface area contributed by atoms with Gasteiger partial charge in [0.05, 0.1) is 6.04 Å². The Hall–Kier alpha value is -5.62. The lowest BCUT2D eigenvalue weighted by Crippen LogP contribution is -2.57. The first kappa shape index (κ1) is 64.2. The van der Waals surface area contributed by atoms with Gasteiger partial charge in [0.25, 0.3) is 0 Å². The fourth-order valence-electron chi connectivity index (χ4n) is 11.7. The summed E-state index contributed by atoms with van der Waals surface area (Å²) in [6, 6.07) is 28.2. The predicted octanol–water partition coefficient (Wildman–Crippen LogP) is 12.0. The van der Waals surface area contributed by atoms with Gasteiger partial charge in [0, 0.05) is 82.5 Å². The number of hydrogen-bond donors (Lipinski definition) is 2. The number of amides is 5. The summed E-state index contributed by atoms with van der Waals surface area (Å²) >= 11 is 0. The third kappa shape index (κ3) is 17.9. The van der Waals surface area contributed by atoms with Gasteiger partial charge in [0.1, 0.15) is 11.8 Å². The first-order valence-electron chi connectivity index (χ1n) is 29.8. The van der Waals surface area contributed by atoms with Crippen LogP contribution < -0.4 is 10.6 Å². The van der Waals surface area contributed by atoms with Crippen LogP contribution >= 0.6 is 0 Å². The van der Waals surface area contributed by atoms with Crippen molar-refractivity contribution in [1.29, 1.82) is 0 Å². The lowest BCUT2D eigenvalue weighted by atomic mass is 9.76. The van der Waals surface area contributed by atoms with Gasteiger partial charge in [-0.25, -0.2) is 0 Å². The van der Waals surface area contributed by atoms with E-state index in [4.69, 9.17) is 0 Å². The summed E-state index contributed by atoms with van der Waals surface area (Å²) < 4.78 is 0. The minimum Gasteiger partial charge on any atom is -0.344 e. The number of fused-ring (bicyclic) bond motifs is 2. The van der Waals surface area contributed by atoms with Crippen LogP contribution in [-0.4, -0.2) is 125 Å². The number of carbonyl (C=O) groups excluding carboxylic acids is 6. The highest BCUT2D eigenvalue weighted by atomic mass is 16.2. The van der Waals surface area contributed by atoms with E-state index in [1.54, 1.807) is 7.05 Å². The van der Waals surface area contributed by atoms with Crippen LogP contribution in [0.1, 0.15) is 171 Å². The zero-order valence-electron chi connectivity index (χ0n) is 49.3. The molecule has 0 unspecified atom stereocenters. The lowest BCUT2D eigenvalue weighted by molar-refractivity contribution is -0.144. The molecule has 79 heavy (non-hydrogen) atoms. The van der Waals surface area contributed by atoms with E-state index in [0.717, 1.165) is 64.2 Å². The number of ketones is 1. The topological polar surface area (TPSA) is 139 Å². The molecule has 2 aliphatic heterocycles. The molecule has 0 radical (unpaired) electrons. The summed E-state index contributed by atoms with van der Waals surface area (Å²) in [5, 5.41) is 10.9. The van der Waals surface area contributed by atoms with Crippen molar-refractivity contribution < 1.29 is 28.8 Å². The second-order valence-corrected chi connectivity index (χ2v) is 24.9. The third-order valence-electron chi connectivity index (χ3n) is 17.1. The van der Waals surface area contributed by atoms with Crippen LogP contribution in [0.25, 0.3) is 21.5 Å². The number of Topliss-reactive ketones (excluding diaryl/α,β-unsaturated/α-hetero) is 1. The van der Waals surface area contributed by atoms with Crippen LogP contribution in [-0.2, 0) is 41.6 Å². The second kappa shape index (κ2) is 30.3. The Morgan fingerprint density at radius 2 is 1.05 bits per heavy atom. The maximum atomic E-state index is 14.4. The van der Waals surface area contributed by atoms with Crippen molar-refractivity contribution in [2.24, 2.45) is 22.7 Å². The minimum atomic E-state index is -0.666. The summed E-state index contributed by atoms with van der Waals surface area (Å²) in [5.74, 6) is -0.557. The molecule has 0 bridgehead atoms. The van der Waals surface area contributed by atoms with Gasteiger partial charge in [0.2, 0.25) is 29.5 Å². The Morgan fingerprint density at radius 1 is 0.608 bits per heavy atom. The van der Waals surface area contributed by atoms with Gasteiger partial charge < -0.3 is 30.2 Å². The fraction of sp³-hybridized carbons (Fsp3) is 0.612. The Kier molecular flexibility index (Phi) is 24.6. The lowest BCUT2D eigenvalue weighted by Gasteiger charge is -2.37. The highest BCUT2D eigenvalue weighted by Gasteiger charge is 2.42. The van der Waals surface area contributed by atoms with Gasteiger partial charge >= 0.3 is 0 Å². The molecule has 2 N–H and O–H groups in total. The number of likely N-dealkylation sites (tertiary alicyclic amines) is 2. The molecule has 5 amide bonds. The summed E-state index contributed by atoms with van der Waals surface area (Å²) in [6.07, 6.45) is 11.8. The number of carbonyl (C=O) groups is 6. The molecule has 4 aromatic carbocycles. The molecular weight excluding hydrogens is 985 g/mol. The van der Waals surface area contributed by atoms with E-state index in [-0.39, 0.29) is 73.2 Å². The SMILES string of the molecule is C.CC[C@@H](C)C(=O)N[C@H](C(=O)N1CCC[C@H]1CN(CCc1cccc2ccccc12)C(=O)CCCCCCCCC(=O)N(CCc1cccc2ccccc12)C[C@@H]1CCCN1C(=O)[C@@H](CC(=O)[C@H](C)NC)C(C)(C)C)C(C)(C)C. The first-order valence-corrected chi connectivity index (χ1v) is 29.8. The van der Waals surface area contributed by atoms with Crippen LogP contribution in [0.4, 0.5) is 0 Å². The molecule has 6 atom stereocenters. The van der Waals surface area contributed by atoms with E-state index in [2.05, 4.69) is 83.4 Å². The molecule has 2 aliphatic rings. The molecule has 2 saturated heterocycles. The molecule has 2 fully saturated rings. The molecule has 0 saturated carbocycles. The maximum absolute atomic E-state index is 14.4. The van der Waals surface area contributed by atoms with E-state index in [9.17, 15) is 28.8 Å². The zero-order chi connectivity index (χ0) is 56.6. The summed E-state index contributed by atoms with van der Waals surface area (Å²) in [5.41, 5.74) is 1.50. The van der Waals surface area contributed by atoms with Crippen molar-refractivity contribution >= 4 is 56.9 Å². The number of rotatable bonds is 28. The van der Waals surface area contributed by atoms with Crippen LogP contribution in [0.2, 0.25) is 0 Å². The first-order chi connectivity index (χ1) is 37.2. The molecule has 434 valence electrons. The Labute approximate surface area is 475 Å². The van der Waals surface area contributed by atoms with Gasteiger partial charge in [-0.2, -0.15) is 0 Å². The average Bonchev–Trinajstić information content (AvgIpc) is 4.26. The normalized spacial score (nSPS) is 17.2. The number of nitrogens with one attached hydrogen (secondary N) is 2. The van der Waals surface area contributed by atoms with Crippen molar-refractivity contribution in [3.05, 3.63) is 96.1 Å². The largest absolute Gasteiger partial charge is 0.344 e. The van der Waals surface area contributed by atoms with E-state index in [0.29, 0.717) is 71.4 Å². The monoisotopic (exact) mass is 1080 g/mol. The fourth-order valence-corrected chi connectivity index (χ4v) is 11.7. The van der Waals surface area contributed by atoms with Crippen molar-refractivity contribution in [2.75, 3.05) is 46.3 Å². The number of likely N-dealkylation sites (N-methyl/N-ethyl adjacent to an activating group) is 1. The van der Waals surface area contributed by atoms with Gasteiger partial charge in [-0.1, -0.05) is 173 Å². The van der Waals surface area contributed by atoms with Crippen molar-refractivity contribution in [3.63, 3.8) is 0 Å². The van der Waals surface area contributed by atoms with Crippen molar-refractivity contribution in [1.82, 2.24) is 30.2 Å². The molecule has 0 aliphatic carbocycles. The van der Waals surface area contributed by atoms with E-state index < -0.39 is 22.8 Å². The van der Waals surface area contributed by atoms with Crippen LogP contribution in [0, 0.1) is 22.7 Å². The highest BCUT2D eigenvalue weighted by Crippen LogP contribution is 2.34. The summed E-state index contributed by atoms with van der Waals surface area (Å²) in [4.78, 5) is 91.8. The second-order valence-electron chi connectivity index (χ2n) is 24.9. The van der Waals surface area contributed by atoms with Gasteiger partial charge in [-0.15, -0.1) is 0 Å². The summed E-state index contributed by atoms with van der Waals surface area (Å²) in [6.45, 7) is 21.1. The molecule has 0 spiro atoms. The van der Waals surface area contributed by atoms with Crippen LogP contribution in [0.5, 0.6) is 0 Å². The maximum Gasteiger partial charge on any atom is 0.246 e. The average molecular weight is 1090 g/mol. The quantitative estimate of drug-likeness (QED) is 0.0540. The molecule has 4 aromatic rings. The summed E-state index contributed by atoms with van der Waals surface area (Å²) in [7, 11) is 1.77. The molecule has 6 rings (SSSR count). The number of nitrogens with zero attached hydrogens (tertiary/aromatic N) is 4. The Morgan fingerprint density at radius 3 is 1.49 bits per heavy atom. The third-order valence-corrected chi connectivity index (χ3v) is 17.1. The predicted molar refractivity (Wildman–Crippen MR) is 324 cm³/mol. The van der Waals surface area contributed by atoms with Gasteiger partial charge in [-0.3, -0.25) is 28.8 Å². The molecule has 0 aromatic heterocycles. The minimum absolute atomic E-state index is 0. The van der Waals surface area contributed by atoms with Gasteiger partial charge in [-0.05, 0) is 115 Å². The van der Waals surface area contributed by atoms with Crippen molar-refractivity contribution in [2.45, 2.75) is 197 Å². The van der Waals surface area contributed by atoms with E-state index >= 15 is 0 Å². The van der Waals surface area contributed by atoms with E-state index in [1.807, 2.05) is 94.0 Å². The molecular formula is C67H100N6O6. The van der Waals surface area contributed by atoms with E-state index in [1.165, 1.54) is 32.7 Å². The van der Waals surface area contributed by atoms with Crippen LogP contribution in [0.15, 0.2) is 84.9 Å². The standard InChI is InChI=1S/C66H96N6O6.CH4/c1-11-47(2)62(76)68-61(66(7,8)9)64(78)72-41-25-33-54(72)46-70(43-39-52-31-23-29-50-27-19-21-35-56(50)52)60(75)37-17-15-13-12-14-16-36-59(74)69(42-38-51-30-22-28-49-26-18-20-34-55(49)51)45-53-32-24-40-71(53)63(77)57(65(4,5)6)44-58(73)48(3)67-10;/h18-23,26-31,34-35,47-48,53-54,57,61,67H,11-17,24-25,32-33,36-46H2,1-10H3,(H,68,76);1H4/t47-,48+,53+,54+,57-,61-;/m1./s1. The highest BCUT2D eigenvalue weighted by molar-refractivity contribution is 5.91. The molecule has 2 heterocycles. The smallest absolute Gasteiger partial charge is 0.246 e. The number of unbranched alkanes of at least 4 members (excludes halogenated alkanes) is 5. The van der Waals surface area contributed by atoms with Gasteiger partial charge in [0.15, 0.2) is 0 Å². The van der Waals surface area contributed by atoms with Crippen LogP contribution in [0.3, 0.4) is 0 Å². The Bertz CT molecular complexity index is 2450. The molecule has 12 heteroatoms. The number of benzene rings is 4. The number of hydrogen-bond acceptors (Lipinski definition) is 7. The molecule has 12 nitrogen and oxygen atoms in total. The Balaban J connectivity index is 0.0000115. The van der Waals surface area contributed by atoms with Crippen molar-refractivity contribution in [3.8, 4) is 0 Å². The zero-order valence-corrected chi connectivity index (χ0v) is 49.3.